The lowest BCUT2D eigenvalue weighted by Crippen LogP contribution is -2.64. The van der Waals surface area contributed by atoms with E-state index in [0.717, 1.165) is 49.1 Å². The fourth-order valence-electron chi connectivity index (χ4n) is 6.69. The third-order valence-electron chi connectivity index (χ3n) is 7.34. The van der Waals surface area contributed by atoms with Crippen molar-refractivity contribution in [2.75, 3.05) is 0 Å². The lowest BCUT2D eigenvalue weighted by Gasteiger charge is -2.60. The van der Waals surface area contributed by atoms with Crippen LogP contribution in [0, 0.1) is 18.8 Å². The zero-order valence-corrected chi connectivity index (χ0v) is 17.5. The summed E-state index contributed by atoms with van der Waals surface area (Å²) >= 11 is 0. The van der Waals surface area contributed by atoms with Crippen LogP contribution in [0.25, 0.3) is 11.5 Å². The van der Waals surface area contributed by atoms with Gasteiger partial charge in [-0.3, -0.25) is 14.8 Å². The first-order valence-corrected chi connectivity index (χ1v) is 11.0. The van der Waals surface area contributed by atoms with Gasteiger partial charge in [-0.1, -0.05) is 6.07 Å². The minimum Gasteiger partial charge on any atom is -0.420 e. The van der Waals surface area contributed by atoms with E-state index in [2.05, 4.69) is 25.5 Å². The standard InChI is InChI=1S/C24H25N5O2/c1-15-6-18(13-25-12-15)21-28-29-22(31-21)23-8-16-7-17(9-23)11-24(10-16,14-23)27-20(30)19-4-2-3-5-26-19/h2-6,12-13,16-17H,7-11,14H2,1H3,(H,27,30). The average Bonchev–Trinajstić information content (AvgIpc) is 3.24. The Balaban J connectivity index is 1.32. The summed E-state index contributed by atoms with van der Waals surface area (Å²) in [6.45, 7) is 2.00. The van der Waals surface area contributed by atoms with Gasteiger partial charge in [0.15, 0.2) is 0 Å². The molecule has 1 amide bonds. The summed E-state index contributed by atoms with van der Waals surface area (Å²) in [6.07, 6.45) is 11.5. The molecule has 31 heavy (non-hydrogen) atoms. The van der Waals surface area contributed by atoms with Gasteiger partial charge < -0.3 is 9.73 Å². The average molecular weight is 415 g/mol. The molecule has 0 spiro atoms. The highest BCUT2D eigenvalue weighted by Gasteiger charge is 2.60. The number of amides is 1. The Morgan fingerprint density at radius 3 is 2.71 bits per heavy atom. The maximum atomic E-state index is 13.0. The highest BCUT2D eigenvalue weighted by Crippen LogP contribution is 2.62. The van der Waals surface area contributed by atoms with E-state index in [1.165, 1.54) is 6.42 Å². The van der Waals surface area contributed by atoms with E-state index in [4.69, 9.17) is 4.42 Å². The maximum absolute atomic E-state index is 13.0. The third kappa shape index (κ3) is 3.14. The molecule has 3 aromatic heterocycles. The molecule has 7 nitrogen and oxygen atoms in total. The smallest absolute Gasteiger partial charge is 0.270 e. The van der Waals surface area contributed by atoms with E-state index < -0.39 is 0 Å². The maximum Gasteiger partial charge on any atom is 0.270 e. The quantitative estimate of drug-likeness (QED) is 0.695. The van der Waals surface area contributed by atoms with Crippen molar-refractivity contribution < 1.29 is 9.21 Å². The number of hydrogen-bond donors (Lipinski definition) is 1. The molecule has 0 aromatic carbocycles. The van der Waals surface area contributed by atoms with Crippen molar-refractivity contribution in [3.8, 4) is 11.5 Å². The van der Waals surface area contributed by atoms with Crippen LogP contribution in [0.15, 0.2) is 47.3 Å². The highest BCUT2D eigenvalue weighted by molar-refractivity contribution is 5.92. The van der Waals surface area contributed by atoms with Gasteiger partial charge in [-0.2, -0.15) is 0 Å². The van der Waals surface area contributed by atoms with Crippen LogP contribution in [-0.4, -0.2) is 31.6 Å². The van der Waals surface area contributed by atoms with Gasteiger partial charge in [-0.25, -0.2) is 0 Å². The number of carbonyl (C=O) groups excluding carboxylic acids is 1. The second-order valence-electron chi connectivity index (χ2n) is 9.85. The number of aryl methyl sites for hydroxylation is 1. The minimum atomic E-state index is -0.224. The highest BCUT2D eigenvalue weighted by atomic mass is 16.4. The zero-order valence-electron chi connectivity index (χ0n) is 17.5. The van der Waals surface area contributed by atoms with Crippen LogP contribution >= 0.6 is 0 Å². The number of rotatable bonds is 4. The van der Waals surface area contributed by atoms with Crippen molar-refractivity contribution >= 4 is 5.91 Å². The summed E-state index contributed by atoms with van der Waals surface area (Å²) in [5.41, 5.74) is 1.99. The van der Waals surface area contributed by atoms with Crippen LogP contribution in [0.4, 0.5) is 0 Å². The normalized spacial score (nSPS) is 31.0. The van der Waals surface area contributed by atoms with Crippen LogP contribution in [-0.2, 0) is 5.41 Å². The van der Waals surface area contributed by atoms with Gasteiger partial charge in [0, 0.05) is 24.1 Å². The second-order valence-corrected chi connectivity index (χ2v) is 9.85. The molecule has 1 N–H and O–H groups in total. The number of nitrogens with one attached hydrogen (secondary N) is 1. The molecule has 0 saturated heterocycles. The van der Waals surface area contributed by atoms with Crippen molar-refractivity contribution in [3.63, 3.8) is 0 Å². The summed E-state index contributed by atoms with van der Waals surface area (Å²) in [5, 5.41) is 12.3. The Labute approximate surface area is 180 Å². The Morgan fingerprint density at radius 2 is 1.97 bits per heavy atom. The molecule has 4 bridgehead atoms. The van der Waals surface area contributed by atoms with Gasteiger partial charge in [0.25, 0.3) is 5.91 Å². The molecule has 4 fully saturated rings. The fourth-order valence-corrected chi connectivity index (χ4v) is 6.69. The van der Waals surface area contributed by atoms with E-state index in [1.54, 1.807) is 18.5 Å². The third-order valence-corrected chi connectivity index (χ3v) is 7.34. The Bertz CT molecular complexity index is 1130. The SMILES string of the molecule is Cc1cncc(-c2nnc(C34CC5CC(CC(NC(=O)c6ccccn6)(C5)C3)C4)o2)c1. The van der Waals surface area contributed by atoms with Crippen molar-refractivity contribution in [2.45, 2.75) is 56.4 Å². The lowest BCUT2D eigenvalue weighted by atomic mass is 9.46. The Morgan fingerprint density at radius 1 is 1.13 bits per heavy atom. The van der Waals surface area contributed by atoms with Crippen molar-refractivity contribution in [1.29, 1.82) is 0 Å². The van der Waals surface area contributed by atoms with Crippen molar-refractivity contribution in [3.05, 3.63) is 60.0 Å². The van der Waals surface area contributed by atoms with E-state index in [1.807, 2.05) is 31.3 Å². The van der Waals surface area contributed by atoms with Crippen LogP contribution < -0.4 is 5.32 Å². The molecule has 4 saturated carbocycles. The van der Waals surface area contributed by atoms with Gasteiger partial charge in [0.1, 0.15) is 5.69 Å². The number of nitrogens with zero attached hydrogens (tertiary/aromatic N) is 4. The topological polar surface area (TPSA) is 93.8 Å². The number of hydrogen-bond acceptors (Lipinski definition) is 6. The summed E-state index contributed by atoms with van der Waals surface area (Å²) in [4.78, 5) is 21.5. The van der Waals surface area contributed by atoms with Crippen LogP contribution in [0.1, 0.15) is 60.5 Å². The van der Waals surface area contributed by atoms with Gasteiger partial charge in [0.2, 0.25) is 11.8 Å². The van der Waals surface area contributed by atoms with Crippen LogP contribution in [0.2, 0.25) is 0 Å². The molecule has 2 atom stereocenters. The predicted molar refractivity (Wildman–Crippen MR) is 113 cm³/mol. The van der Waals surface area contributed by atoms with E-state index in [9.17, 15) is 4.79 Å². The molecular weight excluding hydrogens is 390 g/mol. The number of carbonyl (C=O) groups is 1. The molecule has 4 aliphatic rings. The molecule has 3 heterocycles. The summed E-state index contributed by atoms with van der Waals surface area (Å²) in [5.74, 6) is 2.29. The van der Waals surface area contributed by atoms with Gasteiger partial charge >= 0.3 is 0 Å². The predicted octanol–water partition coefficient (Wildman–Crippen LogP) is 3.86. The Hall–Kier alpha value is -3.09. The molecule has 158 valence electrons. The molecule has 3 aromatic rings. The second kappa shape index (κ2) is 6.70. The number of aromatic nitrogens is 4. The first kappa shape index (κ1) is 18.7. The molecule has 0 radical (unpaired) electrons. The summed E-state index contributed by atoms with van der Waals surface area (Å²) < 4.78 is 6.26. The summed E-state index contributed by atoms with van der Waals surface area (Å²) in [6, 6.07) is 7.46. The molecule has 0 aliphatic heterocycles. The van der Waals surface area contributed by atoms with E-state index in [-0.39, 0.29) is 16.9 Å². The van der Waals surface area contributed by atoms with Gasteiger partial charge in [-0.15, -0.1) is 10.2 Å². The minimum absolute atomic E-state index is 0.0882. The first-order chi connectivity index (χ1) is 15.0. The summed E-state index contributed by atoms with van der Waals surface area (Å²) in [7, 11) is 0. The molecule has 2 unspecified atom stereocenters. The molecule has 7 rings (SSSR count). The van der Waals surface area contributed by atoms with E-state index in [0.29, 0.717) is 23.4 Å². The van der Waals surface area contributed by atoms with Crippen LogP contribution in [0.3, 0.4) is 0 Å². The number of pyridine rings is 2. The lowest BCUT2D eigenvalue weighted by molar-refractivity contribution is -0.0471. The largest absolute Gasteiger partial charge is 0.420 e. The monoisotopic (exact) mass is 415 g/mol. The molecular formula is C24H25N5O2. The zero-order chi connectivity index (χ0) is 21.1. The van der Waals surface area contributed by atoms with E-state index >= 15 is 0 Å². The van der Waals surface area contributed by atoms with Gasteiger partial charge in [-0.05, 0) is 81.0 Å². The first-order valence-electron chi connectivity index (χ1n) is 11.0. The van der Waals surface area contributed by atoms with Gasteiger partial charge in [0.05, 0.1) is 11.0 Å². The van der Waals surface area contributed by atoms with Crippen molar-refractivity contribution in [1.82, 2.24) is 25.5 Å². The Kier molecular flexibility index (Phi) is 4.04. The van der Waals surface area contributed by atoms with Crippen LogP contribution in [0.5, 0.6) is 0 Å². The fraction of sp³-hybridized carbons (Fsp3) is 0.458. The molecule has 4 aliphatic carbocycles. The van der Waals surface area contributed by atoms with Crippen molar-refractivity contribution in [2.24, 2.45) is 11.8 Å². The molecule has 7 heteroatoms.